The molecule has 0 fully saturated rings. The molecule has 0 spiro atoms. The first-order valence-electron chi connectivity index (χ1n) is 3.83. The Morgan fingerprint density at radius 3 is 2.44 bits per heavy atom. The number of nitrogen functional groups attached to an aromatic ring is 2. The molecule has 9 N–H and O–H groups in total. The van der Waals surface area contributed by atoms with Crippen molar-refractivity contribution in [2.75, 3.05) is 11.5 Å². The van der Waals surface area contributed by atoms with Gasteiger partial charge in [0.05, 0.1) is 6.20 Å². The third-order valence-corrected chi connectivity index (χ3v) is 1.28. The monoisotopic (exact) mass is 247 g/mol. The van der Waals surface area contributed by atoms with Crippen LogP contribution in [0, 0.1) is 0 Å². The zero-order chi connectivity index (χ0) is 12.3. The summed E-state index contributed by atoms with van der Waals surface area (Å²) in [4.78, 5) is 29.1. The maximum absolute atomic E-state index is 9.10. The van der Waals surface area contributed by atoms with Crippen LogP contribution < -0.4 is 17.0 Å². The lowest BCUT2D eigenvalue weighted by atomic mass is 10.6. The second-order valence-electron chi connectivity index (χ2n) is 2.68. The molecule has 11 heteroatoms. The van der Waals surface area contributed by atoms with E-state index < -0.39 is 7.75 Å². The molecule has 0 aliphatic heterocycles. The minimum atomic E-state index is -4.14. The van der Waals surface area contributed by atoms with Crippen LogP contribution in [0.2, 0.25) is 0 Å². The molecule has 0 bridgehead atoms. The number of fused-ring (bicyclic) bond motifs is 1. The van der Waals surface area contributed by atoms with E-state index in [0.717, 1.165) is 0 Å². The number of rotatable bonds is 0. The molecule has 0 aliphatic rings. The van der Waals surface area contributed by atoms with Crippen molar-refractivity contribution in [2.45, 2.75) is 0 Å². The average molecular weight is 247 g/mol. The van der Waals surface area contributed by atoms with Crippen LogP contribution in [0.3, 0.4) is 0 Å². The summed E-state index contributed by atoms with van der Waals surface area (Å²) in [6.07, 6.45) is 1.54. The Morgan fingerprint density at radius 1 is 1.31 bits per heavy atom. The summed E-state index contributed by atoms with van der Waals surface area (Å²) in [6, 6.07) is 0. The van der Waals surface area contributed by atoms with Crippen LogP contribution >= 0.6 is 7.75 Å². The summed E-state index contributed by atoms with van der Waals surface area (Å²) in [7, 11) is -4.14. The number of imidazole rings is 1. The van der Waals surface area contributed by atoms with E-state index >= 15 is 0 Å². The summed E-state index contributed by atoms with van der Waals surface area (Å²) in [6.45, 7) is 0. The van der Waals surface area contributed by atoms with Crippen LogP contribution in [-0.2, 0) is 4.57 Å². The fourth-order valence-electron chi connectivity index (χ4n) is 0.839. The van der Waals surface area contributed by atoms with Crippen LogP contribution in [0.15, 0.2) is 6.20 Å². The van der Waals surface area contributed by atoms with Crippen molar-refractivity contribution in [3.05, 3.63) is 6.20 Å². The Morgan fingerprint density at radius 2 is 1.88 bits per heavy atom. The van der Waals surface area contributed by atoms with Gasteiger partial charge >= 0.3 is 7.75 Å². The van der Waals surface area contributed by atoms with Crippen LogP contribution in [0.5, 0.6) is 0 Å². The molecule has 0 unspecified atom stereocenters. The molecule has 0 saturated carbocycles. The number of H-pyrrole nitrogens is 1. The molecule has 16 heavy (non-hydrogen) atoms. The van der Waals surface area contributed by atoms with E-state index in [4.69, 9.17) is 25.8 Å². The molecule has 0 amide bonds. The maximum Gasteiger partial charge on any atom is 0.397 e. The zero-order valence-electron chi connectivity index (χ0n) is 7.90. The highest BCUT2D eigenvalue weighted by molar-refractivity contribution is 7.49. The lowest BCUT2D eigenvalue weighted by Gasteiger charge is -1.87. The summed E-state index contributed by atoms with van der Waals surface area (Å²) in [5.74, 6) is 0.518. The second-order valence-corrected chi connectivity index (χ2v) is 3.85. The molecular weight excluding hydrogens is 237 g/mol. The lowest BCUT2D eigenvalue weighted by molar-refractivity contribution is 0.374. The van der Waals surface area contributed by atoms with Crippen molar-refractivity contribution in [1.82, 2.24) is 19.9 Å². The molecular formula is C5H10N7O3P. The minimum absolute atomic E-state index is 0.198. The van der Waals surface area contributed by atoms with Gasteiger partial charge in [0.15, 0.2) is 11.6 Å². The molecule has 2 rings (SSSR count). The van der Waals surface area contributed by atoms with Crippen molar-refractivity contribution < 1.29 is 14.4 Å². The first-order valence-corrected chi connectivity index (χ1v) is 5.51. The van der Waals surface area contributed by atoms with E-state index in [1.165, 1.54) is 0 Å². The number of hydrogen-bond donors (Lipinski definition) is 6. The third kappa shape index (κ3) is 4.19. The van der Waals surface area contributed by atoms with Gasteiger partial charge in [0.1, 0.15) is 5.52 Å². The molecule has 2 heterocycles. The number of nitrogens with one attached hydrogen (secondary N) is 1. The first kappa shape index (κ1) is 12.3. The van der Waals surface area contributed by atoms with Gasteiger partial charge in [-0.2, -0.15) is 9.97 Å². The van der Waals surface area contributed by atoms with Gasteiger partial charge in [0, 0.05) is 0 Å². The average Bonchev–Trinajstić information content (AvgIpc) is 2.40. The first-order chi connectivity index (χ1) is 7.25. The summed E-state index contributed by atoms with van der Waals surface area (Å²) >= 11 is 0. The van der Waals surface area contributed by atoms with Gasteiger partial charge in [-0.05, 0) is 0 Å². The van der Waals surface area contributed by atoms with E-state index in [1.54, 1.807) is 6.20 Å². The summed E-state index contributed by atoms with van der Waals surface area (Å²) in [5.41, 5.74) is 15.9. The van der Waals surface area contributed by atoms with Crippen molar-refractivity contribution >= 4 is 30.8 Å². The molecule has 10 nitrogen and oxygen atoms in total. The van der Waals surface area contributed by atoms with Crippen LogP contribution in [-0.4, -0.2) is 29.7 Å². The van der Waals surface area contributed by atoms with Gasteiger partial charge in [0.2, 0.25) is 5.95 Å². The van der Waals surface area contributed by atoms with Gasteiger partial charge in [-0.25, -0.2) is 15.1 Å². The van der Waals surface area contributed by atoms with Crippen molar-refractivity contribution in [3.8, 4) is 0 Å². The predicted octanol–water partition coefficient (Wildman–Crippen LogP) is -1.44. The molecule has 88 valence electrons. The van der Waals surface area contributed by atoms with E-state index in [2.05, 4.69) is 25.4 Å². The number of nitrogens with two attached hydrogens (primary N) is 3. The Hall–Kier alpha value is -1.74. The molecule has 2 aromatic heterocycles. The largest absolute Gasteiger partial charge is 0.397 e. The van der Waals surface area contributed by atoms with E-state index in [0.29, 0.717) is 17.1 Å². The number of nitrogens with zero attached hydrogens (tertiary/aromatic N) is 3. The highest BCUT2D eigenvalue weighted by Crippen LogP contribution is 2.20. The fourth-order valence-corrected chi connectivity index (χ4v) is 0.839. The Kier molecular flexibility index (Phi) is 3.40. The van der Waals surface area contributed by atoms with Gasteiger partial charge in [-0.15, -0.1) is 0 Å². The lowest BCUT2D eigenvalue weighted by Crippen LogP contribution is -1.93. The predicted molar refractivity (Wildman–Crippen MR) is 56.7 cm³/mol. The summed E-state index contributed by atoms with van der Waals surface area (Å²) in [5, 5.41) is 0. The third-order valence-electron chi connectivity index (χ3n) is 1.28. The van der Waals surface area contributed by atoms with Crippen LogP contribution in [0.25, 0.3) is 11.2 Å². The molecule has 0 radical (unpaired) electrons. The zero-order valence-corrected chi connectivity index (χ0v) is 8.80. The van der Waals surface area contributed by atoms with Crippen molar-refractivity contribution in [2.24, 2.45) is 5.50 Å². The van der Waals surface area contributed by atoms with Gasteiger partial charge < -0.3 is 26.2 Å². The Bertz CT molecular complexity index is 526. The number of anilines is 2. The molecule has 0 atom stereocenters. The van der Waals surface area contributed by atoms with Crippen molar-refractivity contribution in [3.63, 3.8) is 0 Å². The van der Waals surface area contributed by atoms with E-state index in [1.807, 2.05) is 0 Å². The number of aromatic nitrogens is 4. The fraction of sp³-hybridized carbons (Fsp3) is 0. The van der Waals surface area contributed by atoms with Gasteiger partial charge in [-0.1, -0.05) is 0 Å². The maximum atomic E-state index is 9.10. The normalized spacial score (nSPS) is 10.9. The highest BCUT2D eigenvalue weighted by atomic mass is 31.2. The Balaban J connectivity index is 0.000000221. The second kappa shape index (κ2) is 4.41. The number of hydrogen-bond acceptors (Lipinski definition) is 6. The van der Waals surface area contributed by atoms with Crippen LogP contribution in [0.4, 0.5) is 11.9 Å². The smallest absolute Gasteiger partial charge is 0.369 e. The summed E-state index contributed by atoms with van der Waals surface area (Å²) < 4.78 is 9.10. The van der Waals surface area contributed by atoms with Gasteiger partial charge in [0.25, 0.3) is 0 Å². The quantitative estimate of drug-likeness (QED) is 0.302. The minimum Gasteiger partial charge on any atom is -0.369 e. The number of aromatic amines is 1. The molecule has 0 aliphatic carbocycles. The molecule has 0 saturated heterocycles. The van der Waals surface area contributed by atoms with Crippen LogP contribution in [0.1, 0.15) is 0 Å². The van der Waals surface area contributed by atoms with E-state index in [9.17, 15) is 0 Å². The standard InChI is InChI=1S/C5H6N6.H4NO3P/c6-4-8-1-2-3(10-4)11-5(7)9-2;1-5(2,3)4/h1H,(H5,6,7,8,9,10,11);(H4,1,2,3,4). The molecule has 0 aromatic carbocycles. The highest BCUT2D eigenvalue weighted by Gasteiger charge is 2.00. The van der Waals surface area contributed by atoms with Gasteiger partial charge in [-0.3, -0.25) is 0 Å². The SMILES string of the molecule is NP(=O)(O)O.Nc1ncc2[nH]c(N)nc2n1. The topological polar surface area (TPSA) is 190 Å². The van der Waals surface area contributed by atoms with E-state index in [-0.39, 0.29) is 5.95 Å². The molecule has 2 aromatic rings. The van der Waals surface area contributed by atoms with Crippen molar-refractivity contribution in [1.29, 1.82) is 0 Å². The Labute approximate surface area is 89.1 Å².